The number of aryl methyl sites for hydroxylation is 4. The SMILES string of the molecule is Cc1c[nH]c(C)c1-c1cc(-c2c(C)noc2C)cc2nc(NS(=O)(=O)C3CC3)[nH]c12. The zero-order valence-electron chi connectivity index (χ0n) is 17.3. The van der Waals surface area contributed by atoms with Crippen molar-refractivity contribution in [1.82, 2.24) is 20.1 Å². The van der Waals surface area contributed by atoms with Gasteiger partial charge in [-0.05, 0) is 63.8 Å². The molecule has 156 valence electrons. The number of aromatic nitrogens is 4. The summed E-state index contributed by atoms with van der Waals surface area (Å²) in [6.07, 6.45) is 3.35. The van der Waals surface area contributed by atoms with Crippen molar-refractivity contribution in [2.75, 3.05) is 4.72 Å². The number of sulfonamides is 1. The molecule has 1 aliphatic rings. The molecule has 3 N–H and O–H groups in total. The van der Waals surface area contributed by atoms with Crippen LogP contribution in [0.3, 0.4) is 0 Å². The molecular formula is C21H23N5O3S. The van der Waals surface area contributed by atoms with E-state index in [1.807, 2.05) is 40.0 Å². The van der Waals surface area contributed by atoms with Crippen LogP contribution in [0.2, 0.25) is 0 Å². The van der Waals surface area contributed by atoms with Crippen molar-refractivity contribution >= 4 is 27.0 Å². The van der Waals surface area contributed by atoms with Crippen LogP contribution in [-0.4, -0.2) is 33.8 Å². The summed E-state index contributed by atoms with van der Waals surface area (Å²) < 4.78 is 32.8. The van der Waals surface area contributed by atoms with E-state index in [0.29, 0.717) is 18.4 Å². The molecule has 1 fully saturated rings. The number of H-pyrrole nitrogens is 2. The highest BCUT2D eigenvalue weighted by Gasteiger charge is 2.36. The van der Waals surface area contributed by atoms with Crippen LogP contribution in [0.15, 0.2) is 22.9 Å². The number of rotatable bonds is 5. The second kappa shape index (κ2) is 6.46. The average Bonchev–Trinajstić information content (AvgIpc) is 3.30. The zero-order valence-corrected chi connectivity index (χ0v) is 18.1. The summed E-state index contributed by atoms with van der Waals surface area (Å²) in [5.41, 5.74) is 8.24. The maximum Gasteiger partial charge on any atom is 0.237 e. The van der Waals surface area contributed by atoms with E-state index in [1.165, 1.54) is 0 Å². The van der Waals surface area contributed by atoms with E-state index in [-0.39, 0.29) is 11.2 Å². The summed E-state index contributed by atoms with van der Waals surface area (Å²) in [4.78, 5) is 11.0. The highest BCUT2D eigenvalue weighted by molar-refractivity contribution is 7.93. The topological polar surface area (TPSA) is 117 Å². The van der Waals surface area contributed by atoms with Gasteiger partial charge in [-0.1, -0.05) is 5.16 Å². The Morgan fingerprint density at radius 1 is 1.13 bits per heavy atom. The molecule has 0 amide bonds. The molecule has 8 nitrogen and oxygen atoms in total. The van der Waals surface area contributed by atoms with Crippen molar-refractivity contribution < 1.29 is 12.9 Å². The van der Waals surface area contributed by atoms with E-state index in [1.54, 1.807) is 0 Å². The van der Waals surface area contributed by atoms with E-state index in [0.717, 1.165) is 50.5 Å². The van der Waals surface area contributed by atoms with Crippen molar-refractivity contribution in [3.05, 3.63) is 41.0 Å². The maximum atomic E-state index is 12.4. The summed E-state index contributed by atoms with van der Waals surface area (Å²) in [7, 11) is -3.41. The van der Waals surface area contributed by atoms with Crippen LogP contribution >= 0.6 is 0 Å². The number of aromatic amines is 2. The maximum absolute atomic E-state index is 12.4. The quantitative estimate of drug-likeness (QED) is 0.439. The highest BCUT2D eigenvalue weighted by atomic mass is 32.2. The lowest BCUT2D eigenvalue weighted by atomic mass is 9.95. The van der Waals surface area contributed by atoms with Crippen LogP contribution in [0.1, 0.15) is 35.6 Å². The molecule has 0 atom stereocenters. The first-order valence-electron chi connectivity index (χ1n) is 9.88. The number of imidazole rings is 1. The van der Waals surface area contributed by atoms with E-state index in [4.69, 9.17) is 4.52 Å². The van der Waals surface area contributed by atoms with Crippen LogP contribution in [-0.2, 0) is 10.0 Å². The molecule has 9 heteroatoms. The highest BCUT2D eigenvalue weighted by Crippen LogP contribution is 2.39. The van der Waals surface area contributed by atoms with Crippen molar-refractivity contribution in [1.29, 1.82) is 0 Å². The first-order chi connectivity index (χ1) is 14.2. The minimum Gasteiger partial charge on any atom is -0.364 e. The fraction of sp³-hybridized carbons (Fsp3) is 0.333. The van der Waals surface area contributed by atoms with Gasteiger partial charge in [-0.3, -0.25) is 4.72 Å². The molecule has 0 bridgehead atoms. The van der Waals surface area contributed by atoms with Crippen LogP contribution in [0.4, 0.5) is 5.95 Å². The average molecular weight is 426 g/mol. The first-order valence-corrected chi connectivity index (χ1v) is 11.4. The van der Waals surface area contributed by atoms with E-state index < -0.39 is 10.0 Å². The Morgan fingerprint density at radius 3 is 2.50 bits per heavy atom. The van der Waals surface area contributed by atoms with Gasteiger partial charge in [0.2, 0.25) is 16.0 Å². The molecule has 0 saturated heterocycles. The molecule has 3 heterocycles. The summed E-state index contributed by atoms with van der Waals surface area (Å²) in [5.74, 6) is 0.963. The smallest absolute Gasteiger partial charge is 0.237 e. The number of hydrogen-bond donors (Lipinski definition) is 3. The number of anilines is 1. The molecule has 0 unspecified atom stereocenters. The van der Waals surface area contributed by atoms with Gasteiger partial charge in [-0.2, -0.15) is 0 Å². The summed E-state index contributed by atoms with van der Waals surface area (Å²) >= 11 is 0. The van der Waals surface area contributed by atoms with Gasteiger partial charge in [0.1, 0.15) is 5.76 Å². The monoisotopic (exact) mass is 425 g/mol. The van der Waals surface area contributed by atoms with Gasteiger partial charge in [0, 0.05) is 28.6 Å². The van der Waals surface area contributed by atoms with E-state index in [2.05, 4.69) is 30.9 Å². The third-order valence-corrected chi connectivity index (χ3v) is 7.49. The lowest BCUT2D eigenvalue weighted by Crippen LogP contribution is -2.18. The summed E-state index contributed by atoms with van der Waals surface area (Å²) in [6.45, 7) is 7.85. The summed E-state index contributed by atoms with van der Waals surface area (Å²) in [6, 6.07) is 4.02. The molecule has 3 aromatic heterocycles. The second-order valence-electron chi connectivity index (χ2n) is 8.02. The minimum absolute atomic E-state index is 0.236. The molecule has 0 spiro atoms. The second-order valence-corrected chi connectivity index (χ2v) is 9.98. The first kappa shape index (κ1) is 18.9. The van der Waals surface area contributed by atoms with Gasteiger partial charge >= 0.3 is 0 Å². The predicted molar refractivity (Wildman–Crippen MR) is 116 cm³/mol. The van der Waals surface area contributed by atoms with E-state index in [9.17, 15) is 8.42 Å². The Labute approximate surface area is 174 Å². The zero-order chi connectivity index (χ0) is 21.2. The van der Waals surface area contributed by atoms with E-state index >= 15 is 0 Å². The minimum atomic E-state index is -3.41. The Hall–Kier alpha value is -3.07. The van der Waals surface area contributed by atoms with Crippen LogP contribution in [0.5, 0.6) is 0 Å². The Morgan fingerprint density at radius 2 is 1.90 bits per heavy atom. The molecule has 0 radical (unpaired) electrons. The molecule has 1 aromatic carbocycles. The standard InChI is InChI=1S/C21H23N5O3S/c1-10-9-22-11(2)18(10)16-7-14(19-12(3)25-29-13(19)4)8-17-20(16)24-21(23-17)26-30(27,28)15-5-6-15/h7-9,15,22H,5-6H2,1-4H3,(H2,23,24,26). The number of nitrogens with zero attached hydrogens (tertiary/aromatic N) is 2. The Kier molecular flexibility index (Phi) is 4.08. The summed E-state index contributed by atoms with van der Waals surface area (Å²) in [5, 5.41) is 3.76. The predicted octanol–water partition coefficient (Wildman–Crippen LogP) is 4.35. The number of benzene rings is 1. The van der Waals surface area contributed by atoms with Crippen molar-refractivity contribution in [2.45, 2.75) is 45.8 Å². The third kappa shape index (κ3) is 3.00. The fourth-order valence-electron chi connectivity index (χ4n) is 4.07. The van der Waals surface area contributed by atoms with Crippen molar-refractivity contribution in [3.8, 4) is 22.3 Å². The molecule has 30 heavy (non-hydrogen) atoms. The Balaban J connectivity index is 1.74. The molecule has 1 aliphatic carbocycles. The third-order valence-electron chi connectivity index (χ3n) is 5.66. The van der Waals surface area contributed by atoms with Gasteiger partial charge < -0.3 is 14.5 Å². The fourth-order valence-corrected chi connectivity index (χ4v) is 5.36. The van der Waals surface area contributed by atoms with Crippen LogP contribution < -0.4 is 4.72 Å². The number of fused-ring (bicyclic) bond motifs is 1. The molecule has 5 rings (SSSR count). The normalized spacial score (nSPS) is 14.5. The van der Waals surface area contributed by atoms with Gasteiger partial charge in [0.25, 0.3) is 0 Å². The molecule has 4 aromatic rings. The largest absolute Gasteiger partial charge is 0.364 e. The molecular weight excluding hydrogens is 402 g/mol. The molecule has 1 saturated carbocycles. The van der Waals surface area contributed by atoms with Gasteiger partial charge in [-0.15, -0.1) is 0 Å². The lowest BCUT2D eigenvalue weighted by molar-refractivity contribution is 0.393. The van der Waals surface area contributed by atoms with Crippen LogP contribution in [0.25, 0.3) is 33.3 Å². The van der Waals surface area contributed by atoms with Gasteiger partial charge in [0.15, 0.2) is 0 Å². The Bertz CT molecular complexity index is 1350. The lowest BCUT2D eigenvalue weighted by Gasteiger charge is -2.09. The van der Waals surface area contributed by atoms with Gasteiger partial charge in [0.05, 0.1) is 22.0 Å². The van der Waals surface area contributed by atoms with Crippen LogP contribution in [0, 0.1) is 27.7 Å². The number of hydrogen-bond acceptors (Lipinski definition) is 5. The number of nitrogens with one attached hydrogen (secondary N) is 3. The van der Waals surface area contributed by atoms with Crippen molar-refractivity contribution in [2.24, 2.45) is 0 Å². The van der Waals surface area contributed by atoms with Crippen molar-refractivity contribution in [3.63, 3.8) is 0 Å². The molecule has 0 aliphatic heterocycles. The van der Waals surface area contributed by atoms with Gasteiger partial charge in [-0.25, -0.2) is 13.4 Å².